The largest absolute Gasteiger partial charge is 0.393 e. The van der Waals surface area contributed by atoms with Crippen LogP contribution in [-0.2, 0) is 20.9 Å². The molecule has 2 N–H and O–H groups in total. The molecule has 0 bridgehead atoms. The molecule has 0 aliphatic carbocycles. The molecule has 0 atom stereocenters. The first kappa shape index (κ1) is 14.9. The maximum Gasteiger partial charge on any atom is 0.331 e. The summed E-state index contributed by atoms with van der Waals surface area (Å²) in [5.41, 5.74) is 4.95. The number of nitrogens with two attached hydrogens (primary N) is 1. The quantitative estimate of drug-likeness (QED) is 0.503. The molecule has 0 saturated heterocycles. The van der Waals surface area contributed by atoms with Crippen molar-refractivity contribution in [2.24, 2.45) is 0 Å². The van der Waals surface area contributed by atoms with Gasteiger partial charge in [-0.2, -0.15) is 8.42 Å². The Kier molecular flexibility index (Phi) is 4.15. The zero-order chi connectivity index (χ0) is 15.5. The molecular weight excluding hydrogens is 298 g/mol. The Bertz CT molecular complexity index is 762. The average molecular weight is 309 g/mol. The summed E-state index contributed by atoms with van der Waals surface area (Å²) in [5, 5.41) is 10.1. The third-order valence-corrected chi connectivity index (χ3v) is 3.77. The molecule has 1 aromatic carbocycles. The van der Waals surface area contributed by atoms with E-state index in [-0.39, 0.29) is 12.3 Å². The maximum absolute atomic E-state index is 12.0. The maximum atomic E-state index is 12.0. The van der Waals surface area contributed by atoms with Gasteiger partial charge in [-0.3, -0.25) is 14.3 Å². The number of nitrogen functional groups attached to an aromatic ring is 1. The minimum absolute atomic E-state index is 0.253. The minimum Gasteiger partial charge on any atom is -0.393 e. The number of aromatic nitrogens is 1. The molecule has 2 rings (SSSR count). The van der Waals surface area contributed by atoms with Crippen LogP contribution in [0.1, 0.15) is 5.56 Å². The van der Waals surface area contributed by atoms with Crippen LogP contribution in [0.4, 0.5) is 11.4 Å². The molecule has 0 amide bonds. The van der Waals surface area contributed by atoms with Crippen molar-refractivity contribution in [3.8, 4) is 0 Å². The monoisotopic (exact) mass is 309 g/mol. The van der Waals surface area contributed by atoms with Gasteiger partial charge in [0.25, 0.3) is 5.03 Å². The third-order valence-electron chi connectivity index (χ3n) is 2.56. The number of pyridine rings is 1. The molecule has 1 heterocycles. The van der Waals surface area contributed by atoms with E-state index in [0.29, 0.717) is 5.56 Å². The molecule has 21 heavy (non-hydrogen) atoms. The minimum atomic E-state index is -4.39. The summed E-state index contributed by atoms with van der Waals surface area (Å²) >= 11 is 0. The van der Waals surface area contributed by atoms with Gasteiger partial charge in [-0.25, -0.2) is 4.98 Å². The molecule has 0 spiro atoms. The first-order valence-corrected chi connectivity index (χ1v) is 7.15. The van der Waals surface area contributed by atoms with Crippen LogP contribution in [-0.4, -0.2) is 18.3 Å². The van der Waals surface area contributed by atoms with Gasteiger partial charge in [-0.05, 0) is 11.6 Å². The van der Waals surface area contributed by atoms with Crippen LogP contribution in [0.15, 0.2) is 47.6 Å². The zero-order valence-electron chi connectivity index (χ0n) is 10.7. The molecule has 0 saturated carbocycles. The van der Waals surface area contributed by atoms with Crippen LogP contribution in [0.5, 0.6) is 0 Å². The van der Waals surface area contributed by atoms with Crippen LogP contribution < -0.4 is 5.73 Å². The second kappa shape index (κ2) is 5.85. The number of nitrogens with zero attached hydrogens (tertiary/aromatic N) is 2. The lowest BCUT2D eigenvalue weighted by Gasteiger charge is -2.06. The Morgan fingerprint density at radius 3 is 2.52 bits per heavy atom. The predicted molar refractivity (Wildman–Crippen MR) is 73.7 cm³/mol. The first-order chi connectivity index (χ1) is 9.92. The molecule has 0 radical (unpaired) electrons. The Morgan fingerprint density at radius 2 is 1.90 bits per heavy atom. The fourth-order valence-corrected chi connectivity index (χ4v) is 2.61. The summed E-state index contributed by atoms with van der Waals surface area (Å²) < 4.78 is 28.9. The zero-order valence-corrected chi connectivity index (χ0v) is 11.5. The van der Waals surface area contributed by atoms with E-state index in [4.69, 9.17) is 9.92 Å². The smallest absolute Gasteiger partial charge is 0.331 e. The summed E-state index contributed by atoms with van der Waals surface area (Å²) in [6.45, 7) is -0.253. The van der Waals surface area contributed by atoms with E-state index in [9.17, 15) is 18.5 Å². The molecule has 0 unspecified atom stereocenters. The summed E-state index contributed by atoms with van der Waals surface area (Å²) in [5.74, 6) is 0. The van der Waals surface area contributed by atoms with Gasteiger partial charge in [0.2, 0.25) is 0 Å². The summed E-state index contributed by atoms with van der Waals surface area (Å²) in [4.78, 5) is 13.5. The van der Waals surface area contributed by atoms with Crippen molar-refractivity contribution in [2.45, 2.75) is 11.6 Å². The van der Waals surface area contributed by atoms with Gasteiger partial charge in [0.15, 0.2) is 0 Å². The van der Waals surface area contributed by atoms with Crippen LogP contribution >= 0.6 is 0 Å². The second-order valence-electron chi connectivity index (χ2n) is 4.01. The SMILES string of the molecule is Nc1ccnc(S(=O)(=O)OCc2ccccc2)c1[N+](=O)[O-]. The van der Waals surface area contributed by atoms with Gasteiger partial charge >= 0.3 is 15.8 Å². The van der Waals surface area contributed by atoms with E-state index >= 15 is 0 Å². The molecule has 8 nitrogen and oxygen atoms in total. The normalized spacial score (nSPS) is 11.2. The van der Waals surface area contributed by atoms with E-state index in [1.54, 1.807) is 30.3 Å². The Balaban J connectivity index is 2.32. The highest BCUT2D eigenvalue weighted by molar-refractivity contribution is 7.86. The number of rotatable bonds is 5. The number of benzene rings is 1. The fraction of sp³-hybridized carbons (Fsp3) is 0.0833. The van der Waals surface area contributed by atoms with E-state index in [1.807, 2.05) is 0 Å². The van der Waals surface area contributed by atoms with E-state index < -0.39 is 25.8 Å². The van der Waals surface area contributed by atoms with Gasteiger partial charge in [-0.1, -0.05) is 30.3 Å². The van der Waals surface area contributed by atoms with Crippen molar-refractivity contribution in [3.63, 3.8) is 0 Å². The van der Waals surface area contributed by atoms with Crippen LogP contribution in [0.2, 0.25) is 0 Å². The molecular formula is C12H11N3O5S. The van der Waals surface area contributed by atoms with Crippen molar-refractivity contribution in [3.05, 3.63) is 58.3 Å². The van der Waals surface area contributed by atoms with Crippen LogP contribution in [0, 0.1) is 10.1 Å². The fourth-order valence-electron chi connectivity index (χ4n) is 1.59. The Morgan fingerprint density at radius 1 is 1.24 bits per heavy atom. The lowest BCUT2D eigenvalue weighted by molar-refractivity contribution is -0.387. The number of nitro groups is 1. The molecule has 0 fully saturated rings. The summed E-state index contributed by atoms with van der Waals surface area (Å²) in [7, 11) is -4.39. The van der Waals surface area contributed by atoms with Crippen LogP contribution in [0.25, 0.3) is 0 Å². The van der Waals surface area contributed by atoms with E-state index in [1.165, 1.54) is 0 Å². The highest BCUT2D eigenvalue weighted by atomic mass is 32.2. The molecule has 0 aliphatic heterocycles. The summed E-state index contributed by atoms with van der Waals surface area (Å²) in [6.07, 6.45) is 1.07. The van der Waals surface area contributed by atoms with Crippen molar-refractivity contribution < 1.29 is 17.5 Å². The van der Waals surface area contributed by atoms with Gasteiger partial charge in [0.05, 0.1) is 11.5 Å². The van der Waals surface area contributed by atoms with Gasteiger partial charge < -0.3 is 5.73 Å². The molecule has 1 aromatic heterocycles. The third kappa shape index (κ3) is 3.33. The molecule has 9 heteroatoms. The predicted octanol–water partition coefficient (Wildman–Crippen LogP) is 1.48. The van der Waals surface area contributed by atoms with Gasteiger partial charge in [0.1, 0.15) is 5.69 Å². The number of hydrogen-bond donors (Lipinski definition) is 1. The topological polar surface area (TPSA) is 125 Å². The summed E-state index contributed by atoms with van der Waals surface area (Å²) in [6, 6.07) is 9.67. The Hall–Kier alpha value is -2.52. The van der Waals surface area contributed by atoms with Crippen molar-refractivity contribution >= 4 is 21.5 Å². The molecule has 2 aromatic rings. The van der Waals surface area contributed by atoms with Gasteiger partial charge in [-0.15, -0.1) is 0 Å². The van der Waals surface area contributed by atoms with Crippen molar-refractivity contribution in [2.75, 3.05) is 5.73 Å². The van der Waals surface area contributed by atoms with Gasteiger partial charge in [0, 0.05) is 6.20 Å². The number of hydrogen-bond acceptors (Lipinski definition) is 7. The standard InChI is InChI=1S/C12H11N3O5S/c13-10-6-7-14-12(11(10)15(16)17)21(18,19)20-8-9-4-2-1-3-5-9/h1-7H,8H2,(H2,13,14). The van der Waals surface area contributed by atoms with E-state index in [0.717, 1.165) is 12.3 Å². The highest BCUT2D eigenvalue weighted by Crippen LogP contribution is 2.29. The lowest BCUT2D eigenvalue weighted by atomic mass is 10.2. The number of anilines is 1. The average Bonchev–Trinajstić information content (AvgIpc) is 2.46. The molecule has 110 valence electrons. The first-order valence-electron chi connectivity index (χ1n) is 5.74. The molecule has 0 aliphatic rings. The highest BCUT2D eigenvalue weighted by Gasteiger charge is 2.31. The van der Waals surface area contributed by atoms with Crippen LogP contribution in [0.3, 0.4) is 0 Å². The Labute approximate surface area is 120 Å². The van der Waals surface area contributed by atoms with E-state index in [2.05, 4.69) is 4.98 Å². The van der Waals surface area contributed by atoms with Crippen molar-refractivity contribution in [1.82, 2.24) is 4.98 Å². The second-order valence-corrected chi connectivity index (χ2v) is 5.54. The lowest BCUT2D eigenvalue weighted by Crippen LogP contribution is -2.12. The van der Waals surface area contributed by atoms with Crippen molar-refractivity contribution in [1.29, 1.82) is 0 Å².